The summed E-state index contributed by atoms with van der Waals surface area (Å²) in [5.74, 6) is 0. The Morgan fingerprint density at radius 2 is 2.25 bits per heavy atom. The van der Waals surface area contributed by atoms with Crippen molar-refractivity contribution in [2.75, 3.05) is 7.05 Å². The lowest BCUT2D eigenvalue weighted by atomic mass is 10.00. The van der Waals surface area contributed by atoms with E-state index in [-0.39, 0.29) is 5.54 Å². The molecule has 3 heteroatoms. The topological polar surface area (TPSA) is 24.9 Å². The Kier molecular flexibility index (Phi) is 2.85. The minimum absolute atomic E-state index is 0.153. The van der Waals surface area contributed by atoms with Gasteiger partial charge < -0.3 is 5.32 Å². The number of hydrogen-bond acceptors (Lipinski definition) is 3. The number of nitrogens with zero attached hydrogens (tertiary/aromatic N) is 1. The summed E-state index contributed by atoms with van der Waals surface area (Å²) in [5.41, 5.74) is 1.34. The van der Waals surface area contributed by atoms with Gasteiger partial charge in [0.25, 0.3) is 0 Å². The second-order valence-corrected chi connectivity index (χ2v) is 4.73. The molecule has 68 valence electrons. The lowest BCUT2D eigenvalue weighted by molar-refractivity contribution is 0.418. The highest BCUT2D eigenvalue weighted by Gasteiger charge is 2.16. The number of aromatic nitrogens is 1. The summed E-state index contributed by atoms with van der Waals surface area (Å²) in [6, 6.07) is 0. The van der Waals surface area contributed by atoms with Gasteiger partial charge in [0.1, 0.15) is 0 Å². The zero-order chi connectivity index (χ0) is 9.19. The summed E-state index contributed by atoms with van der Waals surface area (Å²) in [6.07, 6.45) is 0.994. The summed E-state index contributed by atoms with van der Waals surface area (Å²) >= 11 is 1.72. The van der Waals surface area contributed by atoms with Crippen LogP contribution in [0.25, 0.3) is 0 Å². The average Bonchev–Trinajstić information content (AvgIpc) is 2.35. The van der Waals surface area contributed by atoms with E-state index < -0.39 is 0 Å². The van der Waals surface area contributed by atoms with E-state index >= 15 is 0 Å². The van der Waals surface area contributed by atoms with Crippen LogP contribution in [0.2, 0.25) is 0 Å². The molecular formula is C9H16N2S. The maximum Gasteiger partial charge on any atom is 0.0897 e. The van der Waals surface area contributed by atoms with E-state index in [0.29, 0.717) is 0 Å². The van der Waals surface area contributed by atoms with Gasteiger partial charge in [-0.3, -0.25) is 0 Å². The van der Waals surface area contributed by atoms with Gasteiger partial charge in [0, 0.05) is 17.3 Å². The molecule has 0 bridgehead atoms. The SMILES string of the molecule is CNC(C)(C)Cc1csc(C)n1. The van der Waals surface area contributed by atoms with E-state index in [1.807, 2.05) is 14.0 Å². The van der Waals surface area contributed by atoms with Crippen LogP contribution in [0.1, 0.15) is 24.5 Å². The Bertz CT molecular complexity index is 253. The van der Waals surface area contributed by atoms with Crippen LogP contribution in [0.4, 0.5) is 0 Å². The molecule has 0 aliphatic rings. The van der Waals surface area contributed by atoms with Gasteiger partial charge in [0.05, 0.1) is 10.7 Å². The Morgan fingerprint density at radius 3 is 2.67 bits per heavy atom. The second-order valence-electron chi connectivity index (χ2n) is 3.67. The van der Waals surface area contributed by atoms with Crippen LogP contribution in [-0.4, -0.2) is 17.6 Å². The van der Waals surface area contributed by atoms with Gasteiger partial charge in [0.15, 0.2) is 0 Å². The van der Waals surface area contributed by atoms with E-state index in [1.54, 1.807) is 11.3 Å². The Hall–Kier alpha value is -0.410. The molecule has 0 aliphatic carbocycles. The molecule has 1 heterocycles. The van der Waals surface area contributed by atoms with Crippen molar-refractivity contribution in [3.8, 4) is 0 Å². The van der Waals surface area contributed by atoms with Crippen molar-refractivity contribution < 1.29 is 0 Å². The average molecular weight is 184 g/mol. The van der Waals surface area contributed by atoms with Crippen molar-refractivity contribution in [1.82, 2.24) is 10.3 Å². The number of nitrogens with one attached hydrogen (secondary N) is 1. The van der Waals surface area contributed by atoms with Crippen LogP contribution < -0.4 is 5.32 Å². The molecule has 12 heavy (non-hydrogen) atoms. The number of likely N-dealkylation sites (N-methyl/N-ethyl adjacent to an activating group) is 1. The monoisotopic (exact) mass is 184 g/mol. The third kappa shape index (κ3) is 2.57. The molecule has 0 amide bonds. The summed E-state index contributed by atoms with van der Waals surface area (Å²) in [6.45, 7) is 6.41. The largest absolute Gasteiger partial charge is 0.314 e. The Balaban J connectivity index is 2.63. The molecule has 0 saturated carbocycles. The van der Waals surface area contributed by atoms with Gasteiger partial charge in [0.2, 0.25) is 0 Å². The van der Waals surface area contributed by atoms with Crippen molar-refractivity contribution in [2.24, 2.45) is 0 Å². The zero-order valence-corrected chi connectivity index (χ0v) is 8.96. The summed E-state index contributed by atoms with van der Waals surface area (Å²) in [7, 11) is 1.99. The fourth-order valence-corrected chi connectivity index (χ4v) is 1.64. The normalized spacial score (nSPS) is 12.0. The predicted molar refractivity (Wildman–Crippen MR) is 53.7 cm³/mol. The molecule has 0 fully saturated rings. The van der Waals surface area contributed by atoms with Crippen LogP contribution in [-0.2, 0) is 6.42 Å². The molecular weight excluding hydrogens is 168 g/mol. The molecule has 1 rings (SSSR count). The van der Waals surface area contributed by atoms with Crippen LogP contribution in [0.15, 0.2) is 5.38 Å². The maximum atomic E-state index is 4.42. The number of aryl methyl sites for hydroxylation is 1. The molecule has 2 nitrogen and oxygen atoms in total. The first-order valence-corrected chi connectivity index (χ1v) is 5.01. The molecule has 0 aliphatic heterocycles. The van der Waals surface area contributed by atoms with E-state index in [4.69, 9.17) is 0 Å². The first-order chi connectivity index (χ1) is 5.53. The van der Waals surface area contributed by atoms with Crippen molar-refractivity contribution >= 4 is 11.3 Å². The zero-order valence-electron chi connectivity index (χ0n) is 8.14. The molecule has 0 spiro atoms. The lowest BCUT2D eigenvalue weighted by Gasteiger charge is -2.22. The highest BCUT2D eigenvalue weighted by Crippen LogP contribution is 2.14. The second kappa shape index (κ2) is 3.54. The smallest absolute Gasteiger partial charge is 0.0897 e. The molecule has 0 unspecified atom stereocenters. The van der Waals surface area contributed by atoms with Crippen molar-refractivity contribution in [2.45, 2.75) is 32.7 Å². The van der Waals surface area contributed by atoms with Crippen molar-refractivity contribution in [3.63, 3.8) is 0 Å². The number of thiazole rings is 1. The van der Waals surface area contributed by atoms with E-state index in [9.17, 15) is 0 Å². The van der Waals surface area contributed by atoms with Crippen LogP contribution in [0, 0.1) is 6.92 Å². The Morgan fingerprint density at radius 1 is 1.58 bits per heavy atom. The third-order valence-corrected chi connectivity index (χ3v) is 2.79. The number of rotatable bonds is 3. The minimum atomic E-state index is 0.153. The van der Waals surface area contributed by atoms with Crippen LogP contribution in [0.3, 0.4) is 0 Å². The molecule has 1 aromatic rings. The molecule has 0 saturated heterocycles. The number of hydrogen-bond donors (Lipinski definition) is 1. The van der Waals surface area contributed by atoms with Crippen molar-refractivity contribution in [3.05, 3.63) is 16.1 Å². The van der Waals surface area contributed by atoms with Crippen LogP contribution >= 0.6 is 11.3 Å². The van der Waals surface area contributed by atoms with Gasteiger partial charge in [-0.15, -0.1) is 11.3 Å². The molecule has 0 aromatic carbocycles. The molecule has 0 radical (unpaired) electrons. The highest BCUT2D eigenvalue weighted by molar-refractivity contribution is 7.09. The first kappa shape index (κ1) is 9.68. The van der Waals surface area contributed by atoms with Crippen LogP contribution in [0.5, 0.6) is 0 Å². The lowest BCUT2D eigenvalue weighted by Crippen LogP contribution is -2.38. The van der Waals surface area contributed by atoms with Crippen molar-refractivity contribution in [1.29, 1.82) is 0 Å². The fraction of sp³-hybridized carbons (Fsp3) is 0.667. The third-order valence-electron chi connectivity index (χ3n) is 1.97. The maximum absolute atomic E-state index is 4.42. The summed E-state index contributed by atoms with van der Waals surface area (Å²) in [5, 5.41) is 6.55. The van der Waals surface area contributed by atoms with Gasteiger partial charge in [-0.05, 0) is 27.8 Å². The fourth-order valence-electron chi connectivity index (χ4n) is 1.03. The van der Waals surface area contributed by atoms with E-state index in [0.717, 1.165) is 11.4 Å². The van der Waals surface area contributed by atoms with E-state index in [2.05, 4.69) is 29.5 Å². The van der Waals surface area contributed by atoms with Gasteiger partial charge in [-0.1, -0.05) is 0 Å². The minimum Gasteiger partial charge on any atom is -0.314 e. The first-order valence-electron chi connectivity index (χ1n) is 4.13. The van der Waals surface area contributed by atoms with Gasteiger partial charge in [-0.2, -0.15) is 0 Å². The molecule has 0 atom stereocenters. The molecule has 1 aromatic heterocycles. The van der Waals surface area contributed by atoms with Gasteiger partial charge in [-0.25, -0.2) is 4.98 Å². The predicted octanol–water partition coefficient (Wildman–Crippen LogP) is 1.99. The Labute approximate surface area is 78.0 Å². The quantitative estimate of drug-likeness (QED) is 0.777. The molecule has 1 N–H and O–H groups in total. The van der Waals surface area contributed by atoms with Gasteiger partial charge >= 0.3 is 0 Å². The van der Waals surface area contributed by atoms with E-state index in [1.165, 1.54) is 5.69 Å². The summed E-state index contributed by atoms with van der Waals surface area (Å²) < 4.78 is 0. The highest BCUT2D eigenvalue weighted by atomic mass is 32.1. The standard InChI is InChI=1S/C9H16N2S/c1-7-11-8(6-12-7)5-9(2,3)10-4/h6,10H,5H2,1-4H3. The summed E-state index contributed by atoms with van der Waals surface area (Å²) in [4.78, 5) is 4.42.